The number of nitrogens with zero attached hydrogens (tertiary/aromatic N) is 2. The number of carbonyl (C=O) groups is 1. The molecule has 0 aromatic carbocycles. The highest BCUT2D eigenvalue weighted by Crippen LogP contribution is 2.21. The monoisotopic (exact) mass is 338 g/mol. The Balaban J connectivity index is 5.04. The molecule has 0 N–H and O–H groups in total. The van der Waals surface area contributed by atoms with Crippen LogP contribution in [0.3, 0.4) is 0 Å². The minimum absolute atomic E-state index is 0.260. The summed E-state index contributed by atoms with van der Waals surface area (Å²) < 4.78 is 5.31. The van der Waals surface area contributed by atoms with Gasteiger partial charge in [-0.2, -0.15) is 5.26 Å². The summed E-state index contributed by atoms with van der Waals surface area (Å²) in [7, 11) is 0. The third-order valence-corrected chi connectivity index (χ3v) is 2.01. The van der Waals surface area contributed by atoms with Crippen LogP contribution in [0.5, 0.6) is 0 Å². The highest BCUT2D eigenvalue weighted by Gasteiger charge is 2.39. The van der Waals surface area contributed by atoms with Crippen molar-refractivity contribution in [2.24, 2.45) is 4.99 Å². The summed E-state index contributed by atoms with van der Waals surface area (Å²) >= 11 is 6.07. The average molecular weight is 340 g/mol. The lowest BCUT2D eigenvalue weighted by molar-refractivity contribution is -0.151. The number of esters is 1. The van der Waals surface area contributed by atoms with E-state index in [1.165, 1.54) is 0 Å². The number of carbonyl (C=O) groups excluding carboxylic acids is 1. The fourth-order valence-electron chi connectivity index (χ4n) is 0.875. The van der Waals surface area contributed by atoms with Gasteiger partial charge in [-0.25, -0.2) is 9.79 Å². The molecule has 0 fully saturated rings. The zero-order chi connectivity index (χ0) is 12.1. The van der Waals surface area contributed by atoms with E-state index in [0.29, 0.717) is 3.53 Å². The molecule has 0 rings (SSSR count). The largest absolute Gasteiger partial charge is 0.460 e. The Bertz CT molecular complexity index is 306. The summed E-state index contributed by atoms with van der Waals surface area (Å²) in [4.78, 5) is 15.6. The van der Waals surface area contributed by atoms with E-state index in [2.05, 4.69) is 36.9 Å². The Morgan fingerprint density at radius 2 is 2.13 bits per heavy atom. The van der Waals surface area contributed by atoms with E-state index in [4.69, 9.17) is 10.00 Å². The first-order chi connectivity index (χ1) is 6.88. The van der Waals surface area contributed by atoms with Crippen molar-refractivity contribution in [3.8, 4) is 6.07 Å². The highest BCUT2D eigenvalue weighted by molar-refractivity contribution is 9.39. The summed E-state index contributed by atoms with van der Waals surface area (Å²) in [5.74, 6) is -0.626. The molecule has 84 valence electrons. The Labute approximate surface area is 106 Å². The molecule has 0 aromatic rings. The number of nitriles is 1. The second kappa shape index (κ2) is 6.23. The van der Waals surface area contributed by atoms with Gasteiger partial charge < -0.3 is 4.74 Å². The number of hydrogen-bond acceptors (Lipinski definition) is 4. The lowest BCUT2D eigenvalue weighted by atomic mass is 10.00. The van der Waals surface area contributed by atoms with Crippen molar-refractivity contribution in [1.29, 1.82) is 5.26 Å². The quantitative estimate of drug-likeness (QED) is 0.584. The first kappa shape index (κ1) is 14.6. The van der Waals surface area contributed by atoms with Crippen molar-refractivity contribution < 1.29 is 9.53 Å². The van der Waals surface area contributed by atoms with E-state index in [0.717, 1.165) is 0 Å². The van der Waals surface area contributed by atoms with Gasteiger partial charge in [-0.1, -0.05) is 6.92 Å². The molecule has 0 aliphatic carbocycles. The van der Waals surface area contributed by atoms with Gasteiger partial charge in [0.2, 0.25) is 5.54 Å². The van der Waals surface area contributed by atoms with Crippen LogP contribution in [0.2, 0.25) is 0 Å². The second-order valence-electron chi connectivity index (χ2n) is 3.13. The minimum Gasteiger partial charge on any atom is -0.460 e. The van der Waals surface area contributed by atoms with Crippen LogP contribution in [0.15, 0.2) is 4.99 Å². The van der Waals surface area contributed by atoms with E-state index in [1.807, 2.05) is 6.07 Å². The van der Waals surface area contributed by atoms with Crippen LogP contribution in [0, 0.1) is 11.3 Å². The third-order valence-electron chi connectivity index (χ3n) is 1.65. The van der Waals surface area contributed by atoms with Gasteiger partial charge in [-0.05, 0) is 52.1 Å². The average Bonchev–Trinajstić information content (AvgIpc) is 2.12. The van der Waals surface area contributed by atoms with Gasteiger partial charge in [0.25, 0.3) is 0 Å². The standard InChI is InChI=1S/C9H12Br2N2O2/c1-4-9(5-12,13-8(10)11)7(14)15-6(2)3/h6H,4H2,1-3H3. The Hall–Kier alpha value is -0.410. The number of ether oxygens (including phenoxy) is 1. The Morgan fingerprint density at radius 1 is 1.60 bits per heavy atom. The number of halogens is 2. The Kier molecular flexibility index (Phi) is 6.06. The summed E-state index contributed by atoms with van der Waals surface area (Å²) in [6.07, 6.45) is -0.00322. The first-order valence-electron chi connectivity index (χ1n) is 4.41. The van der Waals surface area contributed by atoms with Crippen LogP contribution in [0.25, 0.3) is 0 Å². The van der Waals surface area contributed by atoms with Gasteiger partial charge in [0.05, 0.1) is 6.10 Å². The van der Waals surface area contributed by atoms with Crippen molar-refractivity contribution in [2.75, 3.05) is 0 Å². The molecule has 1 atom stereocenters. The maximum Gasteiger partial charge on any atom is 0.349 e. The molecule has 6 heteroatoms. The summed E-state index contributed by atoms with van der Waals surface area (Å²) in [5.41, 5.74) is -1.47. The van der Waals surface area contributed by atoms with E-state index in [-0.39, 0.29) is 12.5 Å². The molecule has 0 heterocycles. The molecule has 0 amide bonds. The van der Waals surface area contributed by atoms with Gasteiger partial charge in [0.15, 0.2) is 0 Å². The predicted octanol–water partition coefficient (Wildman–Crippen LogP) is 2.76. The van der Waals surface area contributed by atoms with E-state index < -0.39 is 11.5 Å². The van der Waals surface area contributed by atoms with Crippen LogP contribution >= 0.6 is 31.9 Å². The zero-order valence-corrected chi connectivity index (χ0v) is 11.9. The molecule has 0 bridgehead atoms. The zero-order valence-electron chi connectivity index (χ0n) is 8.75. The molecule has 0 radical (unpaired) electrons. The molecular formula is C9H12Br2N2O2. The van der Waals surface area contributed by atoms with Crippen LogP contribution in [-0.4, -0.2) is 21.1 Å². The summed E-state index contributed by atoms with van der Waals surface area (Å²) in [6.45, 7) is 5.16. The number of aliphatic imine (C=N–C) groups is 1. The molecule has 1 unspecified atom stereocenters. The number of hydrogen-bond donors (Lipinski definition) is 0. The molecule has 4 nitrogen and oxygen atoms in total. The molecule has 0 saturated carbocycles. The van der Waals surface area contributed by atoms with Gasteiger partial charge >= 0.3 is 5.97 Å². The fourth-order valence-corrected chi connectivity index (χ4v) is 1.48. The van der Waals surface area contributed by atoms with Gasteiger partial charge in [-0.3, -0.25) is 0 Å². The molecule has 0 saturated heterocycles. The van der Waals surface area contributed by atoms with Crippen molar-refractivity contribution in [1.82, 2.24) is 0 Å². The van der Waals surface area contributed by atoms with Crippen LogP contribution < -0.4 is 0 Å². The van der Waals surface area contributed by atoms with Gasteiger partial charge in [-0.15, -0.1) is 0 Å². The molecule has 0 aliphatic heterocycles. The van der Waals surface area contributed by atoms with E-state index in [1.54, 1.807) is 20.8 Å². The molecule has 15 heavy (non-hydrogen) atoms. The Morgan fingerprint density at radius 3 is 2.40 bits per heavy atom. The number of rotatable bonds is 4. The van der Waals surface area contributed by atoms with Gasteiger partial charge in [0.1, 0.15) is 9.60 Å². The predicted molar refractivity (Wildman–Crippen MR) is 65.2 cm³/mol. The van der Waals surface area contributed by atoms with Crippen molar-refractivity contribution in [3.05, 3.63) is 0 Å². The SMILES string of the molecule is CCC(C#N)(N=C(Br)Br)C(=O)OC(C)C. The highest BCUT2D eigenvalue weighted by atomic mass is 79.9. The maximum atomic E-state index is 11.7. The lowest BCUT2D eigenvalue weighted by Gasteiger charge is -2.20. The molecule has 0 aromatic heterocycles. The van der Waals surface area contributed by atoms with E-state index >= 15 is 0 Å². The van der Waals surface area contributed by atoms with Gasteiger partial charge in [0, 0.05) is 0 Å². The fraction of sp³-hybridized carbons (Fsp3) is 0.667. The smallest absolute Gasteiger partial charge is 0.349 e. The molecule has 0 aliphatic rings. The molecule has 0 spiro atoms. The molecular weight excluding hydrogens is 328 g/mol. The van der Waals surface area contributed by atoms with Crippen molar-refractivity contribution in [2.45, 2.75) is 38.8 Å². The van der Waals surface area contributed by atoms with E-state index in [9.17, 15) is 4.79 Å². The summed E-state index contributed by atoms with van der Waals surface area (Å²) in [6, 6.07) is 1.88. The first-order valence-corrected chi connectivity index (χ1v) is 5.99. The second-order valence-corrected chi connectivity index (χ2v) is 5.70. The topological polar surface area (TPSA) is 62.5 Å². The third kappa shape index (κ3) is 4.31. The van der Waals surface area contributed by atoms with Crippen molar-refractivity contribution >= 4 is 41.4 Å². The normalized spacial score (nSPS) is 13.9. The summed E-state index contributed by atoms with van der Waals surface area (Å²) in [5, 5.41) is 9.01. The van der Waals surface area contributed by atoms with Crippen LogP contribution in [-0.2, 0) is 9.53 Å². The lowest BCUT2D eigenvalue weighted by Crippen LogP contribution is -2.38. The maximum absolute atomic E-state index is 11.7. The van der Waals surface area contributed by atoms with Crippen LogP contribution in [0.1, 0.15) is 27.2 Å². The minimum atomic E-state index is -1.47. The van der Waals surface area contributed by atoms with Crippen molar-refractivity contribution in [3.63, 3.8) is 0 Å². The van der Waals surface area contributed by atoms with Crippen LogP contribution in [0.4, 0.5) is 0 Å².